The molecule has 0 aliphatic rings. The van der Waals surface area contributed by atoms with Crippen molar-refractivity contribution in [3.63, 3.8) is 0 Å². The maximum atomic E-state index is 11.5. The molecule has 1 unspecified atom stereocenters. The molecule has 0 aliphatic heterocycles. The van der Waals surface area contributed by atoms with E-state index in [4.69, 9.17) is 4.42 Å². The number of hydrogen-bond acceptors (Lipinski definition) is 5. The molecule has 6 nitrogen and oxygen atoms in total. The van der Waals surface area contributed by atoms with Crippen molar-refractivity contribution in [1.29, 1.82) is 0 Å². The number of aliphatic hydroxyl groups is 1. The summed E-state index contributed by atoms with van der Waals surface area (Å²) in [6.07, 6.45) is -1.11. The molecule has 0 fully saturated rings. The number of benzene rings is 1. The fraction of sp³-hybridized carbons (Fsp3) is 0.385. The fourth-order valence-corrected chi connectivity index (χ4v) is 2.14. The topological polar surface area (TPSA) is 81.7 Å². The van der Waals surface area contributed by atoms with Crippen molar-refractivity contribution in [2.45, 2.75) is 19.4 Å². The van der Waals surface area contributed by atoms with Gasteiger partial charge in [-0.2, -0.15) is 0 Å². The summed E-state index contributed by atoms with van der Waals surface area (Å²) < 4.78 is 11.0. The number of aliphatic hydroxyl groups excluding tert-OH is 1. The number of aryl methyl sites for hydroxylation is 2. The second-order valence-electron chi connectivity index (χ2n) is 4.43. The molecule has 102 valence electrons. The van der Waals surface area contributed by atoms with Crippen molar-refractivity contribution in [2.24, 2.45) is 7.05 Å². The smallest absolute Gasteiger partial charge is 0.419 e. The number of methoxy groups -OCH3 is 1. The highest BCUT2D eigenvalue weighted by atomic mass is 16.5. The Bertz CT molecular complexity index is 682. The fourth-order valence-electron chi connectivity index (χ4n) is 2.14. The molecule has 2 aromatic rings. The Hall–Kier alpha value is -2.08. The van der Waals surface area contributed by atoms with E-state index >= 15 is 0 Å². The Labute approximate surface area is 109 Å². The summed E-state index contributed by atoms with van der Waals surface area (Å²) in [6, 6.07) is 3.46. The van der Waals surface area contributed by atoms with Crippen LogP contribution in [0.4, 0.5) is 0 Å². The van der Waals surface area contributed by atoms with E-state index in [-0.39, 0.29) is 6.42 Å². The van der Waals surface area contributed by atoms with E-state index < -0.39 is 17.8 Å². The number of carbonyl (C=O) groups excluding carboxylic acids is 1. The van der Waals surface area contributed by atoms with Crippen LogP contribution in [0.1, 0.15) is 11.1 Å². The van der Waals surface area contributed by atoms with Crippen LogP contribution in [0, 0.1) is 6.92 Å². The number of ether oxygens (including phenoxy) is 1. The van der Waals surface area contributed by atoms with E-state index in [9.17, 15) is 14.7 Å². The Kier molecular flexibility index (Phi) is 3.44. The van der Waals surface area contributed by atoms with Crippen molar-refractivity contribution < 1.29 is 19.1 Å². The number of rotatable bonds is 3. The lowest BCUT2D eigenvalue weighted by Crippen LogP contribution is -2.24. The van der Waals surface area contributed by atoms with Gasteiger partial charge in [-0.25, -0.2) is 9.59 Å². The molecule has 0 amide bonds. The zero-order valence-electron chi connectivity index (χ0n) is 11.0. The SMILES string of the molecule is COC(=O)C(O)Cc1cc(C)c2c(c1)oc(=O)n2C. The number of fused-ring (bicyclic) bond motifs is 1. The van der Waals surface area contributed by atoms with Crippen LogP contribution < -0.4 is 5.76 Å². The minimum absolute atomic E-state index is 0.113. The largest absolute Gasteiger partial charge is 0.467 e. The highest BCUT2D eigenvalue weighted by molar-refractivity contribution is 5.78. The molecule has 1 N–H and O–H groups in total. The summed E-state index contributed by atoms with van der Waals surface area (Å²) in [5.41, 5.74) is 2.70. The van der Waals surface area contributed by atoms with Gasteiger partial charge in [0, 0.05) is 13.5 Å². The third kappa shape index (κ3) is 2.39. The van der Waals surface area contributed by atoms with Gasteiger partial charge in [0.15, 0.2) is 11.7 Å². The van der Waals surface area contributed by atoms with E-state index in [1.165, 1.54) is 11.7 Å². The molecule has 1 aromatic carbocycles. The molecule has 0 radical (unpaired) electrons. The molecule has 0 saturated heterocycles. The van der Waals surface area contributed by atoms with Crippen molar-refractivity contribution in [1.82, 2.24) is 4.57 Å². The Morgan fingerprint density at radius 1 is 1.53 bits per heavy atom. The Morgan fingerprint density at radius 3 is 2.84 bits per heavy atom. The van der Waals surface area contributed by atoms with E-state index in [1.54, 1.807) is 13.1 Å². The van der Waals surface area contributed by atoms with E-state index in [0.717, 1.165) is 5.56 Å². The Morgan fingerprint density at radius 2 is 2.21 bits per heavy atom. The van der Waals surface area contributed by atoms with Crippen LogP contribution in [0.5, 0.6) is 0 Å². The molecule has 0 bridgehead atoms. The molecule has 0 spiro atoms. The zero-order chi connectivity index (χ0) is 14.2. The zero-order valence-corrected chi connectivity index (χ0v) is 11.0. The van der Waals surface area contributed by atoms with Gasteiger partial charge in [0.1, 0.15) is 0 Å². The Balaban J connectivity index is 2.41. The van der Waals surface area contributed by atoms with Gasteiger partial charge in [-0.1, -0.05) is 6.07 Å². The summed E-state index contributed by atoms with van der Waals surface area (Å²) in [6.45, 7) is 1.84. The quantitative estimate of drug-likeness (QED) is 0.818. The van der Waals surface area contributed by atoms with E-state index in [1.807, 2.05) is 13.0 Å². The van der Waals surface area contributed by atoms with E-state index in [2.05, 4.69) is 4.74 Å². The molecule has 1 aromatic heterocycles. The van der Waals surface area contributed by atoms with Crippen LogP contribution in [-0.2, 0) is 23.0 Å². The number of aromatic nitrogens is 1. The summed E-state index contributed by atoms with van der Waals surface area (Å²) >= 11 is 0. The highest BCUT2D eigenvalue weighted by Crippen LogP contribution is 2.20. The predicted molar refractivity (Wildman–Crippen MR) is 67.9 cm³/mol. The van der Waals surface area contributed by atoms with Crippen LogP contribution in [0.25, 0.3) is 11.1 Å². The average molecular weight is 265 g/mol. The molecule has 1 heterocycles. The standard InChI is InChI=1S/C13H15NO5/c1-7-4-8(5-9(15)12(16)18-3)6-10-11(7)14(2)13(17)19-10/h4,6,9,15H,5H2,1-3H3. The van der Waals surface area contributed by atoms with Gasteiger partial charge in [-0.3, -0.25) is 4.57 Å². The summed E-state index contributed by atoms with van der Waals surface area (Å²) in [4.78, 5) is 22.6. The molecule has 6 heteroatoms. The van der Waals surface area contributed by atoms with Crippen molar-refractivity contribution in [3.05, 3.63) is 33.8 Å². The van der Waals surface area contributed by atoms with Gasteiger partial charge in [0.2, 0.25) is 0 Å². The summed E-state index contributed by atoms with van der Waals surface area (Å²) in [5.74, 6) is -1.13. The number of hydrogen-bond donors (Lipinski definition) is 1. The van der Waals surface area contributed by atoms with Crippen molar-refractivity contribution in [2.75, 3.05) is 7.11 Å². The average Bonchev–Trinajstić information content (AvgIpc) is 2.64. The highest BCUT2D eigenvalue weighted by Gasteiger charge is 2.18. The molecule has 2 rings (SSSR count). The number of nitrogens with zero attached hydrogens (tertiary/aromatic N) is 1. The van der Waals surface area contributed by atoms with Crippen LogP contribution >= 0.6 is 0 Å². The third-order valence-corrected chi connectivity index (χ3v) is 3.03. The van der Waals surface area contributed by atoms with Gasteiger partial charge in [0.05, 0.1) is 12.6 Å². The third-order valence-electron chi connectivity index (χ3n) is 3.03. The molecule has 0 saturated carbocycles. The molecule has 1 atom stereocenters. The first kappa shape index (κ1) is 13.4. The van der Waals surface area contributed by atoms with Gasteiger partial charge < -0.3 is 14.3 Å². The van der Waals surface area contributed by atoms with Gasteiger partial charge in [-0.15, -0.1) is 0 Å². The lowest BCUT2D eigenvalue weighted by atomic mass is 10.0. The first-order valence-electron chi connectivity index (χ1n) is 5.79. The van der Waals surface area contributed by atoms with Crippen LogP contribution in [0.3, 0.4) is 0 Å². The minimum Gasteiger partial charge on any atom is -0.467 e. The van der Waals surface area contributed by atoms with Crippen LogP contribution in [0.2, 0.25) is 0 Å². The maximum Gasteiger partial charge on any atom is 0.419 e. The molecule has 0 aliphatic carbocycles. The first-order chi connectivity index (χ1) is 8.93. The summed E-state index contributed by atoms with van der Waals surface area (Å²) in [7, 11) is 2.85. The molecule has 19 heavy (non-hydrogen) atoms. The lowest BCUT2D eigenvalue weighted by molar-refractivity contribution is -0.150. The normalized spacial score (nSPS) is 12.6. The van der Waals surface area contributed by atoms with Gasteiger partial charge in [0.25, 0.3) is 0 Å². The lowest BCUT2D eigenvalue weighted by Gasteiger charge is -2.09. The molecular weight excluding hydrogens is 250 g/mol. The summed E-state index contributed by atoms with van der Waals surface area (Å²) in [5, 5.41) is 9.62. The second-order valence-corrected chi connectivity index (χ2v) is 4.43. The number of oxazole rings is 1. The monoisotopic (exact) mass is 265 g/mol. The minimum atomic E-state index is -1.22. The van der Waals surface area contributed by atoms with Gasteiger partial charge in [-0.05, 0) is 24.1 Å². The van der Waals surface area contributed by atoms with Crippen LogP contribution in [-0.4, -0.2) is 28.9 Å². The molecular formula is C13H15NO5. The maximum absolute atomic E-state index is 11.5. The van der Waals surface area contributed by atoms with Crippen LogP contribution in [0.15, 0.2) is 21.3 Å². The van der Waals surface area contributed by atoms with E-state index in [0.29, 0.717) is 16.7 Å². The van der Waals surface area contributed by atoms with Gasteiger partial charge >= 0.3 is 11.7 Å². The number of esters is 1. The second kappa shape index (κ2) is 4.89. The number of carbonyl (C=O) groups is 1. The predicted octanol–water partition coefficient (Wildman–Crippen LogP) is 0.516. The first-order valence-corrected chi connectivity index (χ1v) is 5.79. The van der Waals surface area contributed by atoms with Crippen molar-refractivity contribution in [3.8, 4) is 0 Å². The van der Waals surface area contributed by atoms with Crippen molar-refractivity contribution >= 4 is 17.1 Å².